The highest BCUT2D eigenvalue weighted by atomic mass is 32.2. The predicted octanol–water partition coefficient (Wildman–Crippen LogP) is 2.16. The van der Waals surface area contributed by atoms with Gasteiger partial charge < -0.3 is 14.2 Å². The number of methoxy groups -OCH3 is 3. The largest absolute Gasteiger partial charge is 0.468 e. The molecule has 2 atom stereocenters. The number of fused-ring (bicyclic) bond motifs is 3. The summed E-state index contributed by atoms with van der Waals surface area (Å²) in [5.74, 6) is -2.78. The van der Waals surface area contributed by atoms with Crippen LogP contribution in [0.1, 0.15) is 25.3 Å². The van der Waals surface area contributed by atoms with Crippen LogP contribution in [0.25, 0.3) is 0 Å². The zero-order valence-electron chi connectivity index (χ0n) is 20.4. The first kappa shape index (κ1) is 25.1. The number of nitrogens with zero attached hydrogens (tertiary/aromatic N) is 1. The van der Waals surface area contributed by atoms with Gasteiger partial charge in [0.1, 0.15) is 0 Å². The molecule has 1 saturated carbocycles. The van der Waals surface area contributed by atoms with Gasteiger partial charge in [-0.25, -0.2) is 13.2 Å². The Labute approximate surface area is 204 Å². The fraction of sp³-hybridized carbons (Fsp3) is 0.480. The van der Waals surface area contributed by atoms with E-state index in [4.69, 9.17) is 14.2 Å². The summed E-state index contributed by atoms with van der Waals surface area (Å²) in [5, 5.41) is 0. The molecule has 188 valence electrons. The molecule has 0 N–H and O–H groups in total. The molecule has 1 heterocycles. The molecule has 0 unspecified atom stereocenters. The molecule has 1 aromatic carbocycles. The summed E-state index contributed by atoms with van der Waals surface area (Å²) in [6.07, 6.45) is 0.00925. The van der Waals surface area contributed by atoms with E-state index in [1.54, 1.807) is 31.2 Å². The van der Waals surface area contributed by atoms with Crippen LogP contribution >= 0.6 is 0 Å². The minimum absolute atomic E-state index is 0.0483. The van der Waals surface area contributed by atoms with Crippen LogP contribution in [0, 0.1) is 24.2 Å². The standard InChI is InChI=1S/C25H29NO8S/c1-14-6-8-16(9-7-14)35(30,31)26-12-19-15(2)21(22(27)32-3)18-11-25(23(28)33-4,24(29)34-5)10-17(18)20(19)13-26/h6-9,17,20H,10-13H2,1-5H3/t17-,20+/m0/s1. The van der Waals surface area contributed by atoms with Gasteiger partial charge in [-0.1, -0.05) is 17.7 Å². The second kappa shape index (κ2) is 8.91. The number of rotatable bonds is 5. The fourth-order valence-electron chi connectivity index (χ4n) is 5.77. The molecule has 10 heteroatoms. The Morgan fingerprint density at radius 2 is 1.51 bits per heavy atom. The lowest BCUT2D eigenvalue weighted by atomic mass is 9.74. The van der Waals surface area contributed by atoms with Crippen molar-refractivity contribution in [2.75, 3.05) is 34.4 Å². The monoisotopic (exact) mass is 503 g/mol. The van der Waals surface area contributed by atoms with Crippen molar-refractivity contribution in [1.82, 2.24) is 4.31 Å². The zero-order valence-corrected chi connectivity index (χ0v) is 21.2. The maximum atomic E-state index is 13.4. The fourth-order valence-corrected chi connectivity index (χ4v) is 7.21. The Balaban J connectivity index is 1.80. The number of hydrogen-bond acceptors (Lipinski definition) is 8. The van der Waals surface area contributed by atoms with Crippen LogP contribution in [0.3, 0.4) is 0 Å². The molecule has 2 aliphatic carbocycles. The lowest BCUT2D eigenvalue weighted by Gasteiger charge is -2.30. The molecular formula is C25H29NO8S. The smallest absolute Gasteiger partial charge is 0.338 e. The van der Waals surface area contributed by atoms with Crippen molar-refractivity contribution in [1.29, 1.82) is 0 Å². The lowest BCUT2D eigenvalue weighted by molar-refractivity contribution is -0.168. The van der Waals surface area contributed by atoms with Crippen molar-refractivity contribution >= 4 is 27.9 Å². The van der Waals surface area contributed by atoms with E-state index >= 15 is 0 Å². The molecule has 4 rings (SSSR count). The number of benzene rings is 1. The van der Waals surface area contributed by atoms with Crippen molar-refractivity contribution in [2.45, 2.75) is 31.6 Å². The number of ether oxygens (including phenoxy) is 3. The van der Waals surface area contributed by atoms with Crippen LogP contribution in [0.2, 0.25) is 0 Å². The van der Waals surface area contributed by atoms with Crippen LogP contribution in [0.4, 0.5) is 0 Å². The molecule has 9 nitrogen and oxygen atoms in total. The van der Waals surface area contributed by atoms with E-state index in [1.807, 2.05) is 6.92 Å². The highest BCUT2D eigenvalue weighted by molar-refractivity contribution is 7.89. The molecule has 1 saturated heterocycles. The number of allylic oxidation sites excluding steroid dienone is 1. The van der Waals surface area contributed by atoms with Gasteiger partial charge in [0.05, 0.1) is 31.8 Å². The van der Waals surface area contributed by atoms with Gasteiger partial charge in [-0.2, -0.15) is 4.31 Å². The second-order valence-electron chi connectivity index (χ2n) is 9.31. The highest BCUT2D eigenvalue weighted by Gasteiger charge is 2.60. The van der Waals surface area contributed by atoms with Gasteiger partial charge in [0.25, 0.3) is 0 Å². The van der Waals surface area contributed by atoms with Gasteiger partial charge in [-0.05, 0) is 61.5 Å². The molecule has 0 radical (unpaired) electrons. The van der Waals surface area contributed by atoms with Crippen molar-refractivity contribution in [3.05, 3.63) is 52.1 Å². The van der Waals surface area contributed by atoms with E-state index in [2.05, 4.69) is 0 Å². The SMILES string of the molecule is COC(=O)C1=C2CC(C(=O)OC)(C(=O)OC)C[C@@H]2[C@H]2CN(S(=O)(=O)c3ccc(C)cc3)CC2=C1C. The quantitative estimate of drug-likeness (QED) is 0.341. The molecule has 0 amide bonds. The number of carbonyl (C=O) groups is 3. The molecule has 0 spiro atoms. The highest BCUT2D eigenvalue weighted by Crippen LogP contribution is 2.57. The van der Waals surface area contributed by atoms with Crippen LogP contribution in [0.15, 0.2) is 51.5 Å². The van der Waals surface area contributed by atoms with Crippen molar-refractivity contribution in [3.63, 3.8) is 0 Å². The van der Waals surface area contributed by atoms with Crippen LogP contribution in [-0.2, 0) is 38.6 Å². The van der Waals surface area contributed by atoms with E-state index in [0.717, 1.165) is 11.1 Å². The van der Waals surface area contributed by atoms with Gasteiger partial charge in [-0.3, -0.25) is 9.59 Å². The number of carbonyl (C=O) groups excluding carboxylic acids is 3. The van der Waals surface area contributed by atoms with Crippen LogP contribution in [-0.4, -0.2) is 65.0 Å². The van der Waals surface area contributed by atoms with Gasteiger partial charge in [-0.15, -0.1) is 0 Å². The number of sulfonamides is 1. The third-order valence-electron chi connectivity index (χ3n) is 7.57. The maximum absolute atomic E-state index is 13.4. The van der Waals surface area contributed by atoms with Crippen LogP contribution in [0.5, 0.6) is 0 Å². The Morgan fingerprint density at radius 3 is 2.06 bits per heavy atom. The summed E-state index contributed by atoms with van der Waals surface area (Å²) < 4.78 is 43.3. The minimum Gasteiger partial charge on any atom is -0.468 e. The van der Waals surface area contributed by atoms with E-state index in [0.29, 0.717) is 16.7 Å². The van der Waals surface area contributed by atoms with Crippen LogP contribution < -0.4 is 0 Å². The molecular weight excluding hydrogens is 474 g/mol. The average Bonchev–Trinajstić information content (AvgIpc) is 3.47. The summed E-state index contributed by atoms with van der Waals surface area (Å²) in [7, 11) is -0.135. The van der Waals surface area contributed by atoms with E-state index in [1.165, 1.54) is 25.6 Å². The van der Waals surface area contributed by atoms with Gasteiger partial charge in [0.15, 0.2) is 5.41 Å². The Kier molecular flexibility index (Phi) is 6.39. The summed E-state index contributed by atoms with van der Waals surface area (Å²) in [4.78, 5) is 38.7. The van der Waals surface area contributed by atoms with Gasteiger partial charge in [0.2, 0.25) is 10.0 Å². The first-order valence-electron chi connectivity index (χ1n) is 11.3. The minimum atomic E-state index is -3.80. The maximum Gasteiger partial charge on any atom is 0.338 e. The summed E-state index contributed by atoms with van der Waals surface area (Å²) >= 11 is 0. The topological polar surface area (TPSA) is 116 Å². The third kappa shape index (κ3) is 3.79. The van der Waals surface area contributed by atoms with E-state index in [-0.39, 0.29) is 36.7 Å². The van der Waals surface area contributed by atoms with Crippen molar-refractivity contribution in [3.8, 4) is 0 Å². The molecule has 2 fully saturated rings. The van der Waals surface area contributed by atoms with E-state index in [9.17, 15) is 22.8 Å². The number of esters is 3. The summed E-state index contributed by atoms with van der Waals surface area (Å²) in [5.41, 5.74) is 1.66. The van der Waals surface area contributed by atoms with Crippen molar-refractivity contribution in [2.24, 2.45) is 17.3 Å². The predicted molar refractivity (Wildman–Crippen MR) is 124 cm³/mol. The molecule has 0 aromatic heterocycles. The Bertz CT molecular complexity index is 1240. The normalized spacial score (nSPS) is 23.6. The van der Waals surface area contributed by atoms with Gasteiger partial charge in [0, 0.05) is 19.0 Å². The zero-order chi connectivity index (χ0) is 25.7. The molecule has 0 bridgehead atoms. The van der Waals surface area contributed by atoms with E-state index < -0.39 is 39.3 Å². The Morgan fingerprint density at radius 1 is 0.914 bits per heavy atom. The first-order chi connectivity index (χ1) is 16.5. The Hall–Kier alpha value is -2.98. The second-order valence-corrected chi connectivity index (χ2v) is 11.2. The number of hydrogen-bond donors (Lipinski definition) is 0. The van der Waals surface area contributed by atoms with Crippen molar-refractivity contribution < 1.29 is 37.0 Å². The molecule has 1 aliphatic heterocycles. The molecule has 1 aromatic rings. The molecule has 3 aliphatic rings. The molecule has 35 heavy (non-hydrogen) atoms. The lowest BCUT2D eigenvalue weighted by Crippen LogP contribution is -2.39. The summed E-state index contributed by atoms with van der Waals surface area (Å²) in [6.45, 7) is 3.92. The average molecular weight is 504 g/mol. The van der Waals surface area contributed by atoms with Gasteiger partial charge >= 0.3 is 17.9 Å². The number of aryl methyl sites for hydroxylation is 1. The first-order valence-corrected chi connectivity index (χ1v) is 12.7. The summed E-state index contributed by atoms with van der Waals surface area (Å²) in [6, 6.07) is 6.64. The third-order valence-corrected chi connectivity index (χ3v) is 9.39.